The number of aliphatic hydroxyl groups excluding tert-OH is 2. The minimum absolute atomic E-state index is 0.0165. The number of phosphoric acid groups is 1. The van der Waals surface area contributed by atoms with Gasteiger partial charge in [-0.05, 0) is 0 Å². The van der Waals surface area contributed by atoms with Crippen LogP contribution in [0, 0.1) is 0 Å². The van der Waals surface area contributed by atoms with Gasteiger partial charge < -0.3 is 44.8 Å². The number of ether oxygens (including phenoxy) is 1. The molecule has 1 aliphatic heterocycles. The molecule has 1 aliphatic rings. The lowest BCUT2D eigenvalue weighted by Crippen LogP contribution is -2.33. The normalized spacial score (nSPS) is 29.0. The molecule has 0 radical (unpaired) electrons. The number of anilines is 1. The highest BCUT2D eigenvalue weighted by molar-refractivity contribution is 7.74. The van der Waals surface area contributed by atoms with Gasteiger partial charge in [0.25, 0.3) is 0 Å². The zero-order valence-corrected chi connectivity index (χ0v) is 18.2. The van der Waals surface area contributed by atoms with Crippen LogP contribution in [0.25, 0.3) is 11.2 Å². The van der Waals surface area contributed by atoms with Gasteiger partial charge in [-0.2, -0.15) is 0 Å². The van der Waals surface area contributed by atoms with Crippen molar-refractivity contribution in [2.45, 2.75) is 30.2 Å². The highest BCUT2D eigenvalue weighted by atomic mass is 31.3. The van der Waals surface area contributed by atoms with Gasteiger partial charge in [-0.25, -0.2) is 28.2 Å². The van der Waals surface area contributed by atoms with Crippen LogP contribution >= 0.6 is 23.0 Å². The zero-order chi connectivity index (χ0) is 24.1. The SMILES string of the molecule is Nc1ncnc2c1ncn2C1OC(COP(=O)(O)[C@H](F)P(=O)(O)OP(=O)(O)O)C(O)C1O. The van der Waals surface area contributed by atoms with Crippen molar-refractivity contribution in [3.05, 3.63) is 12.7 Å². The molecule has 0 spiro atoms. The van der Waals surface area contributed by atoms with Crippen molar-refractivity contribution in [3.8, 4) is 0 Å². The minimum Gasteiger partial charge on any atom is -0.387 e. The molecule has 1 saturated heterocycles. The van der Waals surface area contributed by atoms with Gasteiger partial charge in [-0.15, -0.1) is 0 Å². The van der Waals surface area contributed by atoms with E-state index in [9.17, 15) is 38.1 Å². The summed E-state index contributed by atoms with van der Waals surface area (Å²) in [6.45, 7) is -1.08. The number of hydrogen-bond acceptors (Lipinski definition) is 12. The fraction of sp³-hybridized carbons (Fsp3) is 0.545. The number of alkyl halides is 1. The fourth-order valence-corrected chi connectivity index (χ4v) is 6.84. The smallest absolute Gasteiger partial charge is 0.387 e. The van der Waals surface area contributed by atoms with Crippen LogP contribution < -0.4 is 5.73 Å². The van der Waals surface area contributed by atoms with Crippen molar-refractivity contribution in [1.29, 1.82) is 0 Å². The molecular weight excluding hydrogens is 506 g/mol. The van der Waals surface area contributed by atoms with Crippen LogP contribution in [0.2, 0.25) is 0 Å². The van der Waals surface area contributed by atoms with Crippen molar-refractivity contribution in [1.82, 2.24) is 19.5 Å². The fourth-order valence-electron chi connectivity index (χ4n) is 2.77. The van der Waals surface area contributed by atoms with Gasteiger partial charge in [0.1, 0.15) is 30.2 Å². The lowest BCUT2D eigenvalue weighted by Gasteiger charge is -2.22. The van der Waals surface area contributed by atoms with E-state index < -0.39 is 59.8 Å². The average molecular weight is 523 g/mol. The van der Waals surface area contributed by atoms with E-state index in [-0.39, 0.29) is 17.0 Å². The molecule has 17 nitrogen and oxygen atoms in total. The second-order valence-corrected chi connectivity index (χ2v) is 11.9. The highest BCUT2D eigenvalue weighted by Crippen LogP contribution is 2.70. The maximum Gasteiger partial charge on any atom is 0.476 e. The average Bonchev–Trinajstić information content (AvgIpc) is 3.21. The first-order chi connectivity index (χ1) is 14.6. The molecule has 0 aromatic carbocycles. The van der Waals surface area contributed by atoms with Crippen LogP contribution in [0.5, 0.6) is 0 Å². The Morgan fingerprint density at radius 2 is 1.78 bits per heavy atom. The van der Waals surface area contributed by atoms with Gasteiger partial charge in [0.15, 0.2) is 17.7 Å². The molecule has 6 unspecified atom stereocenters. The zero-order valence-electron chi connectivity index (χ0n) is 15.5. The van der Waals surface area contributed by atoms with Crippen LogP contribution in [0.1, 0.15) is 6.23 Å². The molecule has 0 bridgehead atoms. The first-order valence-electron chi connectivity index (χ1n) is 8.29. The van der Waals surface area contributed by atoms with E-state index in [1.54, 1.807) is 0 Å². The van der Waals surface area contributed by atoms with Crippen LogP contribution in [0.3, 0.4) is 0 Å². The van der Waals surface area contributed by atoms with Crippen LogP contribution in [-0.4, -0.2) is 79.9 Å². The van der Waals surface area contributed by atoms with E-state index in [1.165, 1.54) is 4.57 Å². The van der Waals surface area contributed by atoms with Crippen molar-refractivity contribution < 1.29 is 61.4 Å². The first-order valence-corrected chi connectivity index (χ1v) is 13.1. The highest BCUT2D eigenvalue weighted by Gasteiger charge is 2.53. The third kappa shape index (κ3) is 5.07. The van der Waals surface area contributed by atoms with Crippen molar-refractivity contribution >= 4 is 40.0 Å². The summed E-state index contributed by atoms with van der Waals surface area (Å²) < 4.78 is 62.4. The molecular formula is C11H17FN5O12P3. The van der Waals surface area contributed by atoms with E-state index in [1.807, 2.05) is 0 Å². The Hall–Kier alpha value is -1.39. The number of rotatable bonds is 8. The molecule has 0 aliphatic carbocycles. The molecule has 8 N–H and O–H groups in total. The summed E-state index contributed by atoms with van der Waals surface area (Å²) in [6, 6.07) is 0. The Labute approximate surface area is 176 Å². The van der Waals surface area contributed by atoms with E-state index in [0.717, 1.165) is 12.7 Å². The van der Waals surface area contributed by atoms with Crippen molar-refractivity contribution in [3.63, 3.8) is 0 Å². The number of nitrogens with zero attached hydrogens (tertiary/aromatic N) is 4. The maximum atomic E-state index is 14.0. The Bertz CT molecular complexity index is 1140. The van der Waals surface area contributed by atoms with Crippen LogP contribution in [-0.2, 0) is 27.3 Å². The molecule has 0 saturated carbocycles. The molecule has 32 heavy (non-hydrogen) atoms. The van der Waals surface area contributed by atoms with Crippen LogP contribution in [0.15, 0.2) is 12.7 Å². The van der Waals surface area contributed by atoms with Crippen molar-refractivity contribution in [2.24, 2.45) is 0 Å². The van der Waals surface area contributed by atoms with Gasteiger partial charge in [-0.3, -0.25) is 13.7 Å². The van der Waals surface area contributed by atoms with Gasteiger partial charge >= 0.3 is 28.7 Å². The molecule has 180 valence electrons. The largest absolute Gasteiger partial charge is 0.476 e. The number of hydrogen-bond donors (Lipinski definition) is 7. The summed E-state index contributed by atoms with van der Waals surface area (Å²) in [7, 11) is -17.3. The molecule has 3 heterocycles. The van der Waals surface area contributed by atoms with Gasteiger partial charge in [0.05, 0.1) is 12.9 Å². The summed E-state index contributed by atoms with van der Waals surface area (Å²) in [4.78, 5) is 47.5. The molecule has 0 amide bonds. The van der Waals surface area contributed by atoms with E-state index in [4.69, 9.17) is 20.3 Å². The summed E-state index contributed by atoms with van der Waals surface area (Å²) in [5.41, 5.74) is 2.18. The summed E-state index contributed by atoms with van der Waals surface area (Å²) in [5, 5.41) is 20.4. The Morgan fingerprint density at radius 1 is 1.12 bits per heavy atom. The molecule has 7 atom stereocenters. The first kappa shape index (κ1) is 25.2. The van der Waals surface area contributed by atoms with Crippen molar-refractivity contribution in [2.75, 3.05) is 12.3 Å². The standard InChI is InChI=1S/C11H17FN5O12P3/c12-11(31(22,23)29-32(24,25)26)30(20,21)27-1-4-6(18)7(19)10(28-4)17-3-16-5-8(13)14-2-15-9(5)17/h2-4,6-7,10-11,18-19H,1H2,(H,20,21)(H,22,23)(H2,13,14,15)(H2,24,25,26)/t4?,6?,7?,10?,11-/m0/s1. The number of nitrogens with two attached hydrogens (primary N) is 1. The predicted octanol–water partition coefficient (Wildman–Crippen LogP) is -1.22. The number of aromatic nitrogens is 4. The molecule has 21 heteroatoms. The number of fused-ring (bicyclic) bond motifs is 1. The van der Waals surface area contributed by atoms with Gasteiger partial charge in [0.2, 0.25) is 0 Å². The molecule has 2 aromatic rings. The lowest BCUT2D eigenvalue weighted by atomic mass is 10.1. The maximum absolute atomic E-state index is 14.0. The van der Waals surface area contributed by atoms with Gasteiger partial charge in [-0.1, -0.05) is 0 Å². The van der Waals surface area contributed by atoms with Gasteiger partial charge in [0, 0.05) is 0 Å². The Balaban J connectivity index is 1.73. The summed E-state index contributed by atoms with van der Waals surface area (Å²) >= 11 is 0. The van der Waals surface area contributed by atoms with E-state index >= 15 is 0 Å². The third-order valence-corrected chi connectivity index (χ3v) is 9.32. The van der Waals surface area contributed by atoms with Crippen LogP contribution in [0.4, 0.5) is 10.2 Å². The summed E-state index contributed by atoms with van der Waals surface area (Å²) in [6.07, 6.45) is -4.04. The van der Waals surface area contributed by atoms with E-state index in [2.05, 4.69) is 23.8 Å². The molecule has 3 rings (SSSR count). The number of aliphatic hydroxyl groups is 2. The number of nitrogen functional groups attached to an aromatic ring is 1. The Morgan fingerprint density at radius 3 is 2.41 bits per heavy atom. The molecule has 1 fully saturated rings. The lowest BCUT2D eigenvalue weighted by molar-refractivity contribution is -0.0488. The second kappa shape index (κ2) is 8.76. The number of imidazole rings is 1. The Kier molecular flexibility index (Phi) is 6.91. The molecule has 2 aromatic heterocycles. The van der Waals surface area contributed by atoms with E-state index in [0.29, 0.717) is 0 Å². The quantitative estimate of drug-likeness (QED) is 0.200. The monoisotopic (exact) mass is 523 g/mol. The predicted molar refractivity (Wildman–Crippen MR) is 99.3 cm³/mol. The minimum atomic E-state index is -5.96. The number of halogens is 1. The topological polar surface area (TPSA) is 270 Å². The third-order valence-electron chi connectivity index (χ3n) is 4.18. The second-order valence-electron chi connectivity index (χ2n) is 6.44. The summed E-state index contributed by atoms with van der Waals surface area (Å²) in [5.74, 6) is 0.0165.